The van der Waals surface area contributed by atoms with Gasteiger partial charge in [0.25, 0.3) is 0 Å². The predicted octanol–water partition coefficient (Wildman–Crippen LogP) is 2.92. The van der Waals surface area contributed by atoms with E-state index in [2.05, 4.69) is 34.3 Å². The van der Waals surface area contributed by atoms with Crippen LogP contribution in [-0.4, -0.2) is 47.6 Å². The zero-order chi connectivity index (χ0) is 15.4. The van der Waals surface area contributed by atoms with Gasteiger partial charge in [0, 0.05) is 18.7 Å². The molecule has 1 aliphatic heterocycles. The van der Waals surface area contributed by atoms with E-state index in [-0.39, 0.29) is 0 Å². The largest absolute Gasteiger partial charge is 0.379 e. The van der Waals surface area contributed by atoms with E-state index < -0.39 is 0 Å². The van der Waals surface area contributed by atoms with Gasteiger partial charge in [-0.2, -0.15) is 10.2 Å². The van der Waals surface area contributed by atoms with Gasteiger partial charge in [0.05, 0.1) is 37.0 Å². The lowest BCUT2D eigenvalue weighted by Crippen LogP contribution is -2.45. The number of hydrogen-bond donors (Lipinski definition) is 1. The monoisotopic (exact) mass is 304 g/mol. The fourth-order valence-electron chi connectivity index (χ4n) is 3.79. The van der Waals surface area contributed by atoms with Crippen molar-refractivity contribution in [1.82, 2.24) is 15.1 Å². The molecule has 0 aromatic carbocycles. The molecule has 2 aliphatic rings. The summed E-state index contributed by atoms with van der Waals surface area (Å²) in [4.78, 5) is 2.43. The van der Waals surface area contributed by atoms with Crippen LogP contribution >= 0.6 is 0 Å². The van der Waals surface area contributed by atoms with Crippen LogP contribution in [-0.2, 0) is 4.74 Å². The van der Waals surface area contributed by atoms with Crippen LogP contribution < -0.4 is 5.32 Å². The van der Waals surface area contributed by atoms with Crippen molar-refractivity contribution in [3.63, 3.8) is 0 Å². The van der Waals surface area contributed by atoms with Crippen molar-refractivity contribution >= 4 is 5.69 Å². The average Bonchev–Trinajstić information content (AvgIpc) is 2.56. The topological polar surface area (TPSA) is 50.3 Å². The summed E-state index contributed by atoms with van der Waals surface area (Å²) >= 11 is 0. The maximum Gasteiger partial charge on any atom is 0.0766 e. The standard InChI is InChI=1S/C17H28N4O/c1-13-17(15-6-4-3-5-7-15)16(12-18-20-13)19-14(2)21-8-10-22-11-9-21/h12,14-15H,3-11H2,1-2H3,(H,19,20). The Labute approximate surface area is 133 Å². The van der Waals surface area contributed by atoms with Crippen molar-refractivity contribution in [3.8, 4) is 0 Å². The number of nitrogens with zero attached hydrogens (tertiary/aromatic N) is 3. The number of nitrogens with one attached hydrogen (secondary N) is 1. The van der Waals surface area contributed by atoms with Gasteiger partial charge in [-0.15, -0.1) is 0 Å². The van der Waals surface area contributed by atoms with Gasteiger partial charge in [-0.05, 0) is 32.6 Å². The molecule has 1 aromatic heterocycles. The van der Waals surface area contributed by atoms with Crippen molar-refractivity contribution < 1.29 is 4.74 Å². The Bertz CT molecular complexity index is 482. The quantitative estimate of drug-likeness (QED) is 0.927. The van der Waals surface area contributed by atoms with Crippen molar-refractivity contribution in [2.24, 2.45) is 0 Å². The molecule has 1 saturated heterocycles. The van der Waals surface area contributed by atoms with Gasteiger partial charge in [0.1, 0.15) is 0 Å². The zero-order valence-corrected chi connectivity index (χ0v) is 13.8. The third kappa shape index (κ3) is 3.58. The summed E-state index contributed by atoms with van der Waals surface area (Å²) in [7, 11) is 0. The van der Waals surface area contributed by atoms with Crippen molar-refractivity contribution in [3.05, 3.63) is 17.5 Å². The molecule has 22 heavy (non-hydrogen) atoms. The summed E-state index contributed by atoms with van der Waals surface area (Å²) in [5.74, 6) is 0.642. The van der Waals surface area contributed by atoms with E-state index in [0.29, 0.717) is 12.1 Å². The molecule has 1 saturated carbocycles. The zero-order valence-electron chi connectivity index (χ0n) is 13.8. The van der Waals surface area contributed by atoms with Crippen LogP contribution in [0, 0.1) is 6.92 Å². The van der Waals surface area contributed by atoms with Gasteiger partial charge in [-0.1, -0.05) is 19.3 Å². The summed E-state index contributed by atoms with van der Waals surface area (Å²) in [5.41, 5.74) is 3.67. The second-order valence-electron chi connectivity index (χ2n) is 6.56. The molecule has 5 nitrogen and oxygen atoms in total. The molecule has 0 radical (unpaired) electrons. The summed E-state index contributed by atoms with van der Waals surface area (Å²) in [6.07, 6.45) is 8.83. The molecular formula is C17H28N4O. The molecule has 0 bridgehead atoms. The molecule has 1 N–H and O–H groups in total. The SMILES string of the molecule is Cc1nncc(NC(C)N2CCOCC2)c1C1CCCCC1. The second-order valence-corrected chi connectivity index (χ2v) is 6.56. The maximum absolute atomic E-state index is 5.45. The van der Waals surface area contributed by atoms with Gasteiger partial charge < -0.3 is 10.1 Å². The maximum atomic E-state index is 5.45. The van der Waals surface area contributed by atoms with Crippen molar-refractivity contribution in [2.75, 3.05) is 31.6 Å². The van der Waals surface area contributed by atoms with E-state index >= 15 is 0 Å². The third-order valence-corrected chi connectivity index (χ3v) is 5.05. The fraction of sp³-hybridized carbons (Fsp3) is 0.765. The highest BCUT2D eigenvalue weighted by molar-refractivity contribution is 5.53. The third-order valence-electron chi connectivity index (χ3n) is 5.05. The average molecular weight is 304 g/mol. The van der Waals surface area contributed by atoms with Crippen LogP contribution in [0.2, 0.25) is 0 Å². The number of anilines is 1. The van der Waals surface area contributed by atoms with Crippen LogP contribution in [0.5, 0.6) is 0 Å². The molecule has 1 unspecified atom stereocenters. The molecular weight excluding hydrogens is 276 g/mol. The Hall–Kier alpha value is -1.20. The predicted molar refractivity (Wildman–Crippen MR) is 88.1 cm³/mol. The lowest BCUT2D eigenvalue weighted by molar-refractivity contribution is 0.0254. The summed E-state index contributed by atoms with van der Waals surface area (Å²) in [6, 6.07) is 0. The van der Waals surface area contributed by atoms with Gasteiger partial charge in [0.2, 0.25) is 0 Å². The Morgan fingerprint density at radius 3 is 2.68 bits per heavy atom. The number of rotatable bonds is 4. The molecule has 122 valence electrons. The van der Waals surface area contributed by atoms with Gasteiger partial charge >= 0.3 is 0 Å². The van der Waals surface area contributed by atoms with E-state index in [1.165, 1.54) is 43.4 Å². The first-order valence-corrected chi connectivity index (χ1v) is 8.66. The van der Waals surface area contributed by atoms with E-state index in [0.717, 1.165) is 32.0 Å². The molecule has 0 amide bonds. The second kappa shape index (κ2) is 7.38. The Kier molecular flexibility index (Phi) is 5.26. The summed E-state index contributed by atoms with van der Waals surface area (Å²) in [6.45, 7) is 7.96. The highest BCUT2D eigenvalue weighted by Crippen LogP contribution is 2.37. The first-order chi connectivity index (χ1) is 10.8. The van der Waals surface area contributed by atoms with E-state index in [1.807, 2.05) is 6.20 Å². The van der Waals surface area contributed by atoms with Crippen molar-refractivity contribution in [2.45, 2.75) is 58.0 Å². The van der Waals surface area contributed by atoms with Crippen LogP contribution in [0.15, 0.2) is 6.20 Å². The molecule has 3 rings (SSSR count). The van der Waals surface area contributed by atoms with E-state index in [4.69, 9.17) is 4.74 Å². The van der Waals surface area contributed by atoms with Crippen LogP contribution in [0.1, 0.15) is 56.2 Å². The van der Waals surface area contributed by atoms with Crippen LogP contribution in [0.4, 0.5) is 5.69 Å². The van der Waals surface area contributed by atoms with E-state index in [1.54, 1.807) is 0 Å². The lowest BCUT2D eigenvalue weighted by atomic mass is 9.83. The molecule has 0 spiro atoms. The smallest absolute Gasteiger partial charge is 0.0766 e. The highest BCUT2D eigenvalue weighted by atomic mass is 16.5. The van der Waals surface area contributed by atoms with Gasteiger partial charge in [-0.25, -0.2) is 0 Å². The fourth-order valence-corrected chi connectivity index (χ4v) is 3.79. The number of hydrogen-bond acceptors (Lipinski definition) is 5. The van der Waals surface area contributed by atoms with E-state index in [9.17, 15) is 0 Å². The van der Waals surface area contributed by atoms with Crippen molar-refractivity contribution in [1.29, 1.82) is 0 Å². The highest BCUT2D eigenvalue weighted by Gasteiger charge is 2.23. The first-order valence-electron chi connectivity index (χ1n) is 8.66. The minimum absolute atomic E-state index is 0.301. The first kappa shape index (κ1) is 15.7. The Balaban J connectivity index is 1.76. The lowest BCUT2D eigenvalue weighted by Gasteiger charge is -2.34. The summed E-state index contributed by atoms with van der Waals surface area (Å²) in [5, 5.41) is 12.2. The van der Waals surface area contributed by atoms with Gasteiger partial charge in [-0.3, -0.25) is 4.90 Å². The summed E-state index contributed by atoms with van der Waals surface area (Å²) < 4.78 is 5.45. The van der Waals surface area contributed by atoms with Crippen LogP contribution in [0.25, 0.3) is 0 Å². The number of aryl methyl sites for hydroxylation is 1. The molecule has 5 heteroatoms. The Morgan fingerprint density at radius 1 is 1.23 bits per heavy atom. The normalized spacial score (nSPS) is 22.5. The van der Waals surface area contributed by atoms with Crippen LogP contribution in [0.3, 0.4) is 0 Å². The molecule has 2 fully saturated rings. The minimum Gasteiger partial charge on any atom is -0.379 e. The minimum atomic E-state index is 0.301. The Morgan fingerprint density at radius 2 is 1.95 bits per heavy atom. The molecule has 1 aliphatic carbocycles. The molecule has 1 aromatic rings. The number of aromatic nitrogens is 2. The molecule has 1 atom stereocenters. The number of morpholine rings is 1. The molecule has 2 heterocycles. The van der Waals surface area contributed by atoms with Gasteiger partial charge in [0.15, 0.2) is 0 Å². The number of ether oxygens (including phenoxy) is 1.